The van der Waals surface area contributed by atoms with Gasteiger partial charge in [0.05, 0.1) is 22.0 Å². The Morgan fingerprint density at radius 1 is 1.40 bits per heavy atom. The smallest absolute Gasteiger partial charge is 0.262 e. The number of nitrogens with two attached hydrogens (primary N) is 1. The highest BCUT2D eigenvalue weighted by Gasteiger charge is 2.21. The summed E-state index contributed by atoms with van der Waals surface area (Å²) in [4.78, 5) is -0.167. The van der Waals surface area contributed by atoms with Crippen LogP contribution < -0.4 is 10.5 Å². The van der Waals surface area contributed by atoms with Gasteiger partial charge in [0.2, 0.25) is 0 Å². The van der Waals surface area contributed by atoms with E-state index in [0.717, 1.165) is 6.07 Å². The highest BCUT2D eigenvalue weighted by atomic mass is 32.2. The summed E-state index contributed by atoms with van der Waals surface area (Å²) in [7, 11) is -3.92. The molecule has 0 aliphatic heterocycles. The molecule has 0 aliphatic carbocycles. The Morgan fingerprint density at radius 2 is 2.10 bits per heavy atom. The summed E-state index contributed by atoms with van der Waals surface area (Å²) in [6.07, 6.45) is 0. The summed E-state index contributed by atoms with van der Waals surface area (Å²) in [6.45, 7) is 3.35. The van der Waals surface area contributed by atoms with E-state index in [1.165, 1.54) is 12.1 Å². The largest absolute Gasteiger partial charge is 0.326 e. The maximum Gasteiger partial charge on any atom is 0.262 e. The lowest BCUT2D eigenvalue weighted by Gasteiger charge is -2.11. The van der Waals surface area contributed by atoms with E-state index in [1.807, 2.05) is 0 Å². The minimum Gasteiger partial charge on any atom is -0.326 e. The van der Waals surface area contributed by atoms with Crippen molar-refractivity contribution < 1.29 is 12.8 Å². The van der Waals surface area contributed by atoms with E-state index in [-0.39, 0.29) is 11.4 Å². The van der Waals surface area contributed by atoms with Gasteiger partial charge >= 0.3 is 0 Å². The molecule has 20 heavy (non-hydrogen) atoms. The van der Waals surface area contributed by atoms with E-state index < -0.39 is 15.8 Å². The zero-order valence-corrected chi connectivity index (χ0v) is 11.9. The number of hydrogen-bond acceptors (Lipinski definition) is 4. The number of H-pyrrole nitrogens is 1. The second-order valence-corrected chi connectivity index (χ2v) is 6.02. The summed E-state index contributed by atoms with van der Waals surface area (Å²) in [5.74, 6) is -0.636. The molecule has 108 valence electrons. The van der Waals surface area contributed by atoms with Gasteiger partial charge in [0.25, 0.3) is 10.0 Å². The van der Waals surface area contributed by atoms with Gasteiger partial charge in [0.1, 0.15) is 5.82 Å². The number of hydrogen-bond donors (Lipinski definition) is 3. The summed E-state index contributed by atoms with van der Waals surface area (Å²) in [5, 5.41) is 6.58. The monoisotopic (exact) mass is 298 g/mol. The lowest BCUT2D eigenvalue weighted by molar-refractivity contribution is 0.593. The van der Waals surface area contributed by atoms with Gasteiger partial charge in [0, 0.05) is 6.54 Å². The maximum atomic E-state index is 13.3. The molecule has 8 heteroatoms. The number of nitrogens with zero attached hydrogens (tertiary/aromatic N) is 1. The van der Waals surface area contributed by atoms with Crippen molar-refractivity contribution in [2.75, 3.05) is 4.72 Å². The first-order valence-electron chi connectivity index (χ1n) is 5.88. The van der Waals surface area contributed by atoms with Crippen molar-refractivity contribution in [1.82, 2.24) is 10.2 Å². The molecule has 0 saturated carbocycles. The van der Waals surface area contributed by atoms with Crippen LogP contribution in [0.15, 0.2) is 23.1 Å². The van der Waals surface area contributed by atoms with Gasteiger partial charge in [-0.05, 0) is 31.5 Å². The average Bonchev–Trinajstić information content (AvgIpc) is 2.70. The predicted molar refractivity (Wildman–Crippen MR) is 73.2 cm³/mol. The highest BCUT2D eigenvalue weighted by molar-refractivity contribution is 7.92. The fourth-order valence-corrected chi connectivity index (χ4v) is 3.28. The molecule has 0 amide bonds. The molecule has 0 aliphatic rings. The Balaban J connectivity index is 2.48. The van der Waals surface area contributed by atoms with Gasteiger partial charge < -0.3 is 5.73 Å². The predicted octanol–water partition coefficient (Wildman–Crippen LogP) is 1.43. The number of halogens is 1. The first-order valence-corrected chi connectivity index (χ1v) is 7.36. The van der Waals surface area contributed by atoms with Gasteiger partial charge in [-0.15, -0.1) is 0 Å². The third-order valence-corrected chi connectivity index (χ3v) is 4.34. The van der Waals surface area contributed by atoms with Crippen LogP contribution in [0.25, 0.3) is 0 Å². The van der Waals surface area contributed by atoms with Crippen molar-refractivity contribution in [2.45, 2.75) is 25.3 Å². The quantitative estimate of drug-likeness (QED) is 0.794. The number of nitrogens with one attached hydrogen (secondary N) is 2. The van der Waals surface area contributed by atoms with Crippen molar-refractivity contribution in [2.24, 2.45) is 5.73 Å². The molecule has 0 spiro atoms. The van der Waals surface area contributed by atoms with Crippen LogP contribution in [0.5, 0.6) is 0 Å². The Hall–Kier alpha value is -1.93. The zero-order chi connectivity index (χ0) is 14.9. The van der Waals surface area contributed by atoms with Gasteiger partial charge in [-0.2, -0.15) is 5.10 Å². The molecule has 1 heterocycles. The van der Waals surface area contributed by atoms with Gasteiger partial charge in [0.15, 0.2) is 0 Å². The minimum atomic E-state index is -3.92. The van der Waals surface area contributed by atoms with Crippen LogP contribution in [-0.4, -0.2) is 18.6 Å². The average molecular weight is 298 g/mol. The van der Waals surface area contributed by atoms with Crippen molar-refractivity contribution in [3.63, 3.8) is 0 Å². The number of aromatic nitrogens is 2. The van der Waals surface area contributed by atoms with Crippen LogP contribution in [0.4, 0.5) is 10.1 Å². The summed E-state index contributed by atoms with van der Waals surface area (Å²) < 4.78 is 40.4. The third-order valence-electron chi connectivity index (χ3n) is 2.90. The molecule has 6 nitrogen and oxygen atoms in total. The van der Waals surface area contributed by atoms with Crippen molar-refractivity contribution >= 4 is 15.7 Å². The molecule has 0 fully saturated rings. The van der Waals surface area contributed by atoms with Crippen LogP contribution in [-0.2, 0) is 16.6 Å². The second kappa shape index (κ2) is 5.22. The molecule has 1 aromatic heterocycles. The Morgan fingerprint density at radius 3 is 2.65 bits per heavy atom. The summed E-state index contributed by atoms with van der Waals surface area (Å²) in [6, 6.07) is 3.49. The topological polar surface area (TPSA) is 101 Å². The fourth-order valence-electron chi connectivity index (χ4n) is 1.84. The van der Waals surface area contributed by atoms with Crippen molar-refractivity contribution in [3.05, 3.63) is 41.0 Å². The standard InChI is InChI=1S/C12H15FN4O2S/c1-7-12(8(2)16-15-7)17-20(18,19)11-5-10(13)4-3-9(11)6-14/h3-5,17H,6,14H2,1-2H3,(H,15,16). The number of benzene rings is 1. The van der Waals surface area contributed by atoms with Crippen LogP contribution in [0.2, 0.25) is 0 Å². The van der Waals surface area contributed by atoms with Crippen LogP contribution in [0.1, 0.15) is 17.0 Å². The SMILES string of the molecule is Cc1n[nH]c(C)c1NS(=O)(=O)c1cc(F)ccc1CN. The second-order valence-electron chi connectivity index (χ2n) is 4.37. The first-order chi connectivity index (χ1) is 9.35. The van der Waals surface area contributed by atoms with Crippen molar-refractivity contribution in [1.29, 1.82) is 0 Å². The number of aryl methyl sites for hydroxylation is 2. The van der Waals surface area contributed by atoms with E-state index in [4.69, 9.17) is 5.73 Å². The normalized spacial score (nSPS) is 11.6. The molecule has 0 bridgehead atoms. The number of sulfonamides is 1. The van der Waals surface area contributed by atoms with E-state index in [2.05, 4.69) is 14.9 Å². The number of rotatable bonds is 4. The van der Waals surface area contributed by atoms with E-state index >= 15 is 0 Å². The van der Waals surface area contributed by atoms with Crippen LogP contribution in [0.3, 0.4) is 0 Å². The van der Waals surface area contributed by atoms with Crippen LogP contribution >= 0.6 is 0 Å². The molecule has 4 N–H and O–H groups in total. The van der Waals surface area contributed by atoms with Crippen molar-refractivity contribution in [3.8, 4) is 0 Å². The summed E-state index contributed by atoms with van der Waals surface area (Å²) in [5.41, 5.74) is 7.29. The number of anilines is 1. The Bertz CT molecular complexity index is 720. The van der Waals surface area contributed by atoms with Gasteiger partial charge in [-0.25, -0.2) is 12.8 Å². The first kappa shape index (κ1) is 14.5. The number of aromatic amines is 1. The maximum absolute atomic E-state index is 13.3. The molecule has 0 radical (unpaired) electrons. The third kappa shape index (κ3) is 2.66. The van der Waals surface area contributed by atoms with Crippen LogP contribution in [0, 0.1) is 19.7 Å². The molecule has 0 unspecified atom stereocenters. The lowest BCUT2D eigenvalue weighted by atomic mass is 10.2. The minimum absolute atomic E-state index is 0.000124. The molecule has 1 aromatic carbocycles. The summed E-state index contributed by atoms with van der Waals surface area (Å²) >= 11 is 0. The highest BCUT2D eigenvalue weighted by Crippen LogP contribution is 2.23. The van der Waals surface area contributed by atoms with Gasteiger partial charge in [-0.1, -0.05) is 6.07 Å². The molecular formula is C12H15FN4O2S. The fraction of sp³-hybridized carbons (Fsp3) is 0.250. The van der Waals surface area contributed by atoms with E-state index in [9.17, 15) is 12.8 Å². The molecule has 0 atom stereocenters. The van der Waals surface area contributed by atoms with E-state index in [1.54, 1.807) is 13.8 Å². The Labute approximate surface area is 116 Å². The van der Waals surface area contributed by atoms with E-state index in [0.29, 0.717) is 22.6 Å². The molecule has 2 aromatic rings. The molecule has 0 saturated heterocycles. The molecular weight excluding hydrogens is 283 g/mol. The molecule has 2 rings (SSSR count). The van der Waals surface area contributed by atoms with Gasteiger partial charge in [-0.3, -0.25) is 9.82 Å². The zero-order valence-electron chi connectivity index (χ0n) is 11.1. The lowest BCUT2D eigenvalue weighted by Crippen LogP contribution is -2.17. The Kier molecular flexibility index (Phi) is 3.78.